The molecule has 3 aliphatic heterocycles. The lowest BCUT2D eigenvalue weighted by atomic mass is 9.70. The van der Waals surface area contributed by atoms with E-state index < -0.39 is 41.6 Å². The van der Waals surface area contributed by atoms with Gasteiger partial charge in [-0.05, 0) is 63.4 Å². The average Bonchev–Trinajstić information content (AvgIpc) is 3.63. The first kappa shape index (κ1) is 32.2. The van der Waals surface area contributed by atoms with Crippen molar-refractivity contribution >= 4 is 45.1 Å². The minimum atomic E-state index is -1.27. The Morgan fingerprint density at radius 3 is 2.39 bits per heavy atom. The van der Waals surface area contributed by atoms with Crippen LogP contribution < -0.4 is 9.80 Å². The highest BCUT2D eigenvalue weighted by molar-refractivity contribution is 9.09. The molecule has 10 heteroatoms. The van der Waals surface area contributed by atoms with E-state index in [9.17, 15) is 19.5 Å². The second-order valence-electron chi connectivity index (χ2n) is 11.6. The number of halogens is 1. The molecule has 2 bridgehead atoms. The minimum absolute atomic E-state index is 0.166. The molecule has 0 aliphatic carbocycles. The molecule has 0 radical (unpaired) electrons. The van der Waals surface area contributed by atoms with Gasteiger partial charge in [0, 0.05) is 35.8 Å². The number of hydrogen-bond donors (Lipinski definition) is 1. The molecule has 2 amide bonds. The van der Waals surface area contributed by atoms with E-state index in [0.717, 1.165) is 24.3 Å². The normalized spacial score (nSPS) is 27.6. The number of fused-ring (bicyclic) bond motifs is 1. The summed E-state index contributed by atoms with van der Waals surface area (Å²) in [5, 5.41) is 10.7. The number of ether oxygens (including phenoxy) is 2. The first-order chi connectivity index (χ1) is 21.3. The van der Waals surface area contributed by atoms with Crippen LogP contribution in [0.3, 0.4) is 0 Å². The second-order valence-corrected chi connectivity index (χ2v) is 12.8. The predicted molar refractivity (Wildman–Crippen MR) is 173 cm³/mol. The molecule has 2 aromatic carbocycles. The van der Waals surface area contributed by atoms with Gasteiger partial charge in [0.1, 0.15) is 11.6 Å². The number of likely N-dealkylation sites (tertiary alicyclic amines) is 1. The van der Waals surface area contributed by atoms with Gasteiger partial charge in [-0.25, -0.2) is 0 Å². The maximum absolute atomic E-state index is 14.9. The van der Waals surface area contributed by atoms with E-state index >= 15 is 0 Å². The van der Waals surface area contributed by atoms with E-state index in [-0.39, 0.29) is 36.4 Å². The maximum atomic E-state index is 14.9. The van der Waals surface area contributed by atoms with Crippen molar-refractivity contribution in [2.75, 3.05) is 42.6 Å². The van der Waals surface area contributed by atoms with Crippen molar-refractivity contribution in [2.45, 2.75) is 62.2 Å². The Kier molecular flexibility index (Phi) is 9.82. The Labute approximate surface area is 267 Å². The van der Waals surface area contributed by atoms with E-state index in [2.05, 4.69) is 41.3 Å². The number of amides is 2. The summed E-state index contributed by atoms with van der Waals surface area (Å²) in [6, 6.07) is 15.5. The first-order valence-corrected chi connectivity index (χ1v) is 16.4. The smallest absolute Gasteiger partial charge is 0.312 e. The first-order valence-electron chi connectivity index (χ1n) is 15.5. The Morgan fingerprint density at radius 2 is 1.80 bits per heavy atom. The molecular weight excluding hydrogens is 626 g/mol. The number of aliphatic hydroxyl groups is 1. The molecule has 3 saturated heterocycles. The monoisotopic (exact) mass is 667 g/mol. The van der Waals surface area contributed by atoms with Gasteiger partial charge in [0.05, 0.1) is 37.2 Å². The van der Waals surface area contributed by atoms with Crippen molar-refractivity contribution in [2.24, 2.45) is 11.8 Å². The molecule has 0 aromatic heterocycles. The standard InChI is InChI=1S/C34H42BrN3O6/c1-5-18-37(24-16-14-23(15-17-24)36(6-2)7-3)32(41)30-34-20-26(35)29(44-34)27(33(42)43-8-4)28(34)31(40)38(30)25(21-39)19-22-12-10-9-11-13-22/h5,9-17,25-30,39H,1,6-8,18-21H2,2-4H3/t25-,26?,27+,28-,29+,30+,34-/m1/s1. The zero-order chi connectivity index (χ0) is 31.6. The number of nitrogens with zero attached hydrogens (tertiary/aromatic N) is 3. The third-order valence-electron chi connectivity index (χ3n) is 9.31. The van der Waals surface area contributed by atoms with Crippen LogP contribution in [0.15, 0.2) is 67.3 Å². The van der Waals surface area contributed by atoms with E-state index in [1.807, 2.05) is 54.6 Å². The van der Waals surface area contributed by atoms with Gasteiger partial charge in [-0.3, -0.25) is 14.4 Å². The lowest BCUT2D eigenvalue weighted by Crippen LogP contribution is -2.59. The molecule has 236 valence electrons. The Morgan fingerprint density at radius 1 is 1.14 bits per heavy atom. The quantitative estimate of drug-likeness (QED) is 0.196. The fourth-order valence-electron chi connectivity index (χ4n) is 7.42. The number of alkyl halides is 1. The zero-order valence-corrected chi connectivity index (χ0v) is 27.2. The molecule has 0 saturated carbocycles. The highest BCUT2D eigenvalue weighted by Gasteiger charge is 2.77. The minimum Gasteiger partial charge on any atom is -0.466 e. The molecule has 1 spiro atoms. The van der Waals surface area contributed by atoms with Crippen LogP contribution in [0.5, 0.6) is 0 Å². The Balaban J connectivity index is 1.59. The predicted octanol–water partition coefficient (Wildman–Crippen LogP) is 3.97. The van der Waals surface area contributed by atoms with Gasteiger partial charge in [0.25, 0.3) is 5.91 Å². The fourth-order valence-corrected chi connectivity index (χ4v) is 8.36. The van der Waals surface area contributed by atoms with Crippen molar-refractivity contribution in [3.63, 3.8) is 0 Å². The van der Waals surface area contributed by atoms with Gasteiger partial charge in [0.15, 0.2) is 0 Å². The van der Waals surface area contributed by atoms with Gasteiger partial charge in [-0.2, -0.15) is 0 Å². The number of rotatable bonds is 13. The molecule has 2 aromatic rings. The van der Waals surface area contributed by atoms with Gasteiger partial charge in [-0.1, -0.05) is 52.3 Å². The lowest BCUT2D eigenvalue weighted by Gasteiger charge is -2.39. The molecule has 9 nitrogen and oxygen atoms in total. The van der Waals surface area contributed by atoms with Crippen molar-refractivity contribution in [1.82, 2.24) is 4.90 Å². The van der Waals surface area contributed by atoms with Crippen LogP contribution in [0.2, 0.25) is 0 Å². The van der Waals surface area contributed by atoms with Crippen molar-refractivity contribution in [1.29, 1.82) is 0 Å². The highest BCUT2D eigenvalue weighted by Crippen LogP contribution is 2.61. The van der Waals surface area contributed by atoms with E-state index in [4.69, 9.17) is 9.47 Å². The topological polar surface area (TPSA) is 99.6 Å². The number of esters is 1. The molecule has 3 fully saturated rings. The number of hydrogen-bond acceptors (Lipinski definition) is 7. The lowest BCUT2D eigenvalue weighted by molar-refractivity contribution is -0.155. The summed E-state index contributed by atoms with van der Waals surface area (Å²) in [5.74, 6) is -2.98. The fraction of sp³-hybridized carbons (Fsp3) is 0.500. The molecule has 1 N–H and O–H groups in total. The number of carbonyl (C=O) groups excluding carboxylic acids is 3. The van der Waals surface area contributed by atoms with Crippen molar-refractivity contribution < 1.29 is 29.0 Å². The summed E-state index contributed by atoms with van der Waals surface area (Å²) in [7, 11) is 0. The van der Waals surface area contributed by atoms with Crippen LogP contribution in [-0.2, 0) is 30.3 Å². The summed E-state index contributed by atoms with van der Waals surface area (Å²) in [6.45, 7) is 11.5. The maximum Gasteiger partial charge on any atom is 0.312 e. The van der Waals surface area contributed by atoms with E-state index in [1.165, 1.54) is 4.90 Å². The van der Waals surface area contributed by atoms with Gasteiger partial charge < -0.3 is 29.3 Å². The second kappa shape index (κ2) is 13.4. The van der Waals surface area contributed by atoms with Crippen LogP contribution in [0.1, 0.15) is 32.8 Å². The van der Waals surface area contributed by atoms with E-state index in [1.54, 1.807) is 17.9 Å². The number of benzene rings is 2. The highest BCUT2D eigenvalue weighted by atomic mass is 79.9. The third kappa shape index (κ3) is 5.45. The molecule has 5 rings (SSSR count). The van der Waals surface area contributed by atoms with Gasteiger partial charge in [-0.15, -0.1) is 6.58 Å². The summed E-state index contributed by atoms with van der Waals surface area (Å²) in [5.41, 5.74) is 1.35. The molecular formula is C34H42BrN3O6. The average molecular weight is 669 g/mol. The van der Waals surface area contributed by atoms with Gasteiger partial charge in [0.2, 0.25) is 5.91 Å². The molecule has 44 heavy (non-hydrogen) atoms. The van der Waals surface area contributed by atoms with Crippen LogP contribution in [0.4, 0.5) is 11.4 Å². The molecule has 7 atom stereocenters. The SMILES string of the molecule is C=CCN(C(=O)[C@@H]1N([C@@H](CO)Cc2ccccc2)C(=O)[C@H]2[C@H](C(=O)OCC)[C@H]3O[C@@]12CC3Br)c1ccc(N(CC)CC)cc1. The number of anilines is 2. The Bertz CT molecular complexity index is 1350. The largest absolute Gasteiger partial charge is 0.466 e. The summed E-state index contributed by atoms with van der Waals surface area (Å²) in [4.78, 5) is 47.8. The van der Waals surface area contributed by atoms with E-state index in [0.29, 0.717) is 18.5 Å². The molecule has 3 heterocycles. The molecule has 1 unspecified atom stereocenters. The summed E-state index contributed by atoms with van der Waals surface area (Å²) in [6.07, 6.45) is 1.74. The number of aliphatic hydroxyl groups excluding tert-OH is 1. The molecule has 3 aliphatic rings. The van der Waals surface area contributed by atoms with Crippen LogP contribution in [0.25, 0.3) is 0 Å². The Hall–Kier alpha value is -3.21. The van der Waals surface area contributed by atoms with Gasteiger partial charge >= 0.3 is 5.97 Å². The third-order valence-corrected chi connectivity index (χ3v) is 10.2. The summed E-state index contributed by atoms with van der Waals surface area (Å²) >= 11 is 3.70. The van der Waals surface area contributed by atoms with Crippen LogP contribution >= 0.6 is 15.9 Å². The van der Waals surface area contributed by atoms with Crippen molar-refractivity contribution in [3.8, 4) is 0 Å². The summed E-state index contributed by atoms with van der Waals surface area (Å²) < 4.78 is 12.1. The van der Waals surface area contributed by atoms with Crippen LogP contribution in [0, 0.1) is 11.8 Å². The van der Waals surface area contributed by atoms with Crippen LogP contribution in [-0.4, -0.2) is 89.3 Å². The van der Waals surface area contributed by atoms with Crippen molar-refractivity contribution in [3.05, 3.63) is 72.8 Å². The zero-order valence-electron chi connectivity index (χ0n) is 25.6. The number of carbonyl (C=O) groups is 3.